The van der Waals surface area contributed by atoms with Gasteiger partial charge in [-0.15, -0.1) is 0 Å². The third kappa shape index (κ3) is 6.66. The van der Waals surface area contributed by atoms with Crippen molar-refractivity contribution in [2.45, 2.75) is 19.6 Å². The molecule has 18 heavy (non-hydrogen) atoms. The lowest BCUT2D eigenvalue weighted by atomic mass is 10.3. The number of ether oxygens (including phenoxy) is 2. The Hall–Kier alpha value is -1.01. The fourth-order valence-corrected chi connectivity index (χ4v) is 1.49. The van der Waals surface area contributed by atoms with Gasteiger partial charge in [0.15, 0.2) is 0 Å². The van der Waals surface area contributed by atoms with Crippen molar-refractivity contribution in [3.63, 3.8) is 0 Å². The zero-order valence-corrected chi connectivity index (χ0v) is 11.1. The summed E-state index contributed by atoms with van der Waals surface area (Å²) >= 11 is 0. The molecule has 1 aromatic heterocycles. The molecule has 0 aliphatic carbocycles. The predicted molar refractivity (Wildman–Crippen MR) is 69.4 cm³/mol. The van der Waals surface area contributed by atoms with Crippen LogP contribution in [0.5, 0.6) is 0 Å². The maximum Gasteiger partial charge on any atom is 0.0897 e. The Bertz CT molecular complexity index is 334. The Morgan fingerprint density at radius 2 is 2.22 bits per heavy atom. The predicted octanol–water partition coefficient (Wildman–Crippen LogP) is 0.504. The number of hydrogen-bond acceptors (Lipinski definition) is 5. The molecule has 0 saturated heterocycles. The lowest BCUT2D eigenvalue weighted by Crippen LogP contribution is -2.30. The van der Waals surface area contributed by atoms with Crippen LogP contribution in [0, 0.1) is 6.92 Å². The summed E-state index contributed by atoms with van der Waals surface area (Å²) in [6.07, 6.45) is -0.508. The van der Waals surface area contributed by atoms with Gasteiger partial charge in [0.2, 0.25) is 0 Å². The number of rotatable bonds is 9. The van der Waals surface area contributed by atoms with E-state index in [9.17, 15) is 5.11 Å². The first-order valence-electron chi connectivity index (χ1n) is 6.10. The second kappa shape index (κ2) is 8.99. The van der Waals surface area contributed by atoms with Crippen molar-refractivity contribution in [2.75, 3.05) is 33.5 Å². The van der Waals surface area contributed by atoms with Crippen molar-refractivity contribution in [3.05, 3.63) is 29.6 Å². The van der Waals surface area contributed by atoms with Crippen LogP contribution in [0.1, 0.15) is 11.4 Å². The van der Waals surface area contributed by atoms with Crippen molar-refractivity contribution >= 4 is 0 Å². The number of hydrogen-bond donors (Lipinski definition) is 2. The Kier molecular flexibility index (Phi) is 7.52. The summed E-state index contributed by atoms with van der Waals surface area (Å²) in [5, 5.41) is 12.8. The first-order valence-corrected chi connectivity index (χ1v) is 6.10. The minimum absolute atomic E-state index is 0.317. The zero-order valence-electron chi connectivity index (χ0n) is 11.1. The van der Waals surface area contributed by atoms with Gasteiger partial charge >= 0.3 is 0 Å². The molecule has 0 bridgehead atoms. The van der Waals surface area contributed by atoms with Crippen LogP contribution in [0.2, 0.25) is 0 Å². The van der Waals surface area contributed by atoms with Gasteiger partial charge in [0.1, 0.15) is 0 Å². The van der Waals surface area contributed by atoms with Crippen LogP contribution in [-0.2, 0) is 16.0 Å². The summed E-state index contributed by atoms with van der Waals surface area (Å²) in [7, 11) is 1.62. The minimum Gasteiger partial charge on any atom is -0.389 e. The molecule has 0 amide bonds. The van der Waals surface area contributed by atoms with E-state index in [4.69, 9.17) is 9.47 Å². The Balaban J connectivity index is 2.09. The van der Waals surface area contributed by atoms with Crippen molar-refractivity contribution in [1.82, 2.24) is 10.3 Å². The highest BCUT2D eigenvalue weighted by Crippen LogP contribution is 1.97. The van der Waals surface area contributed by atoms with Crippen LogP contribution in [0.15, 0.2) is 18.2 Å². The van der Waals surface area contributed by atoms with Gasteiger partial charge in [-0.3, -0.25) is 4.98 Å². The monoisotopic (exact) mass is 254 g/mol. The molecule has 0 aromatic carbocycles. The number of pyridine rings is 1. The summed E-state index contributed by atoms with van der Waals surface area (Å²) < 4.78 is 10.1. The van der Waals surface area contributed by atoms with Crippen molar-refractivity contribution in [3.8, 4) is 0 Å². The molecule has 0 fully saturated rings. The van der Waals surface area contributed by atoms with E-state index in [-0.39, 0.29) is 0 Å². The molecular formula is C13H22N2O3. The SMILES string of the molecule is COCCOCC(O)CNCc1cccc(C)n1. The number of aryl methyl sites for hydroxylation is 1. The molecule has 5 heteroatoms. The second-order valence-corrected chi connectivity index (χ2v) is 4.12. The highest BCUT2D eigenvalue weighted by Gasteiger charge is 2.04. The number of methoxy groups -OCH3 is 1. The molecule has 1 rings (SSSR count). The molecule has 1 heterocycles. The lowest BCUT2D eigenvalue weighted by molar-refractivity contribution is 0.0137. The summed E-state index contributed by atoms with van der Waals surface area (Å²) in [6, 6.07) is 5.90. The van der Waals surface area contributed by atoms with Gasteiger partial charge in [-0.25, -0.2) is 0 Å². The molecule has 5 nitrogen and oxygen atoms in total. The number of aliphatic hydroxyl groups excluding tert-OH is 1. The van der Waals surface area contributed by atoms with E-state index >= 15 is 0 Å². The number of nitrogens with one attached hydrogen (secondary N) is 1. The third-order valence-electron chi connectivity index (χ3n) is 2.37. The topological polar surface area (TPSA) is 63.6 Å². The molecule has 0 aliphatic heterocycles. The molecule has 1 atom stereocenters. The molecule has 102 valence electrons. The highest BCUT2D eigenvalue weighted by molar-refractivity contribution is 5.09. The van der Waals surface area contributed by atoms with Crippen molar-refractivity contribution in [2.24, 2.45) is 0 Å². The Labute approximate surface area is 108 Å². The van der Waals surface area contributed by atoms with E-state index in [1.165, 1.54) is 0 Å². The summed E-state index contributed by atoms with van der Waals surface area (Å²) in [5.74, 6) is 0. The highest BCUT2D eigenvalue weighted by atomic mass is 16.5. The average Bonchev–Trinajstić information content (AvgIpc) is 2.35. The van der Waals surface area contributed by atoms with Gasteiger partial charge in [0.05, 0.1) is 31.6 Å². The summed E-state index contributed by atoms with van der Waals surface area (Å²) in [4.78, 5) is 4.36. The van der Waals surface area contributed by atoms with Crippen molar-refractivity contribution < 1.29 is 14.6 Å². The molecule has 1 aromatic rings. The Morgan fingerprint density at radius 3 is 2.94 bits per heavy atom. The standard InChI is InChI=1S/C13H22N2O3/c1-11-4-3-5-12(15-11)8-14-9-13(16)10-18-7-6-17-2/h3-5,13-14,16H,6-10H2,1-2H3. The summed E-state index contributed by atoms with van der Waals surface area (Å²) in [6.45, 7) is 4.47. The fraction of sp³-hybridized carbons (Fsp3) is 0.615. The third-order valence-corrected chi connectivity index (χ3v) is 2.37. The smallest absolute Gasteiger partial charge is 0.0897 e. The van der Waals surface area contributed by atoms with Crippen LogP contribution in [-0.4, -0.2) is 49.7 Å². The first kappa shape index (κ1) is 15.0. The van der Waals surface area contributed by atoms with Gasteiger partial charge in [0, 0.05) is 25.9 Å². The number of nitrogens with zero attached hydrogens (tertiary/aromatic N) is 1. The van der Waals surface area contributed by atoms with Gasteiger partial charge in [-0.05, 0) is 19.1 Å². The molecule has 0 spiro atoms. The van der Waals surface area contributed by atoms with E-state index in [0.717, 1.165) is 11.4 Å². The fourth-order valence-electron chi connectivity index (χ4n) is 1.49. The zero-order chi connectivity index (χ0) is 13.2. The van der Waals surface area contributed by atoms with E-state index in [1.807, 2.05) is 25.1 Å². The van der Waals surface area contributed by atoms with Crippen LogP contribution < -0.4 is 5.32 Å². The first-order chi connectivity index (χ1) is 8.72. The molecular weight excluding hydrogens is 232 g/mol. The largest absolute Gasteiger partial charge is 0.389 e. The minimum atomic E-state index is -0.508. The maximum absolute atomic E-state index is 9.63. The second-order valence-electron chi connectivity index (χ2n) is 4.12. The van der Waals surface area contributed by atoms with Crippen LogP contribution in [0.25, 0.3) is 0 Å². The molecule has 0 aliphatic rings. The number of aromatic nitrogens is 1. The molecule has 0 saturated carbocycles. The molecule has 0 radical (unpaired) electrons. The normalized spacial score (nSPS) is 12.6. The summed E-state index contributed by atoms with van der Waals surface area (Å²) in [5.41, 5.74) is 1.97. The number of aliphatic hydroxyl groups is 1. The van der Waals surface area contributed by atoms with E-state index in [0.29, 0.717) is 32.9 Å². The van der Waals surface area contributed by atoms with Gasteiger partial charge in [-0.2, -0.15) is 0 Å². The van der Waals surface area contributed by atoms with Crippen molar-refractivity contribution in [1.29, 1.82) is 0 Å². The van der Waals surface area contributed by atoms with Crippen LogP contribution >= 0.6 is 0 Å². The molecule has 1 unspecified atom stereocenters. The van der Waals surface area contributed by atoms with Crippen LogP contribution in [0.4, 0.5) is 0 Å². The maximum atomic E-state index is 9.63. The Morgan fingerprint density at radius 1 is 1.39 bits per heavy atom. The average molecular weight is 254 g/mol. The van der Waals surface area contributed by atoms with Gasteiger partial charge < -0.3 is 19.9 Å². The lowest BCUT2D eigenvalue weighted by Gasteiger charge is -2.12. The quantitative estimate of drug-likeness (QED) is 0.628. The van der Waals surface area contributed by atoms with E-state index in [1.54, 1.807) is 7.11 Å². The van der Waals surface area contributed by atoms with E-state index < -0.39 is 6.10 Å². The van der Waals surface area contributed by atoms with Gasteiger partial charge in [-0.1, -0.05) is 6.07 Å². The van der Waals surface area contributed by atoms with E-state index in [2.05, 4.69) is 10.3 Å². The van der Waals surface area contributed by atoms with Crippen LogP contribution in [0.3, 0.4) is 0 Å². The van der Waals surface area contributed by atoms with Gasteiger partial charge in [0.25, 0.3) is 0 Å². The molecule has 2 N–H and O–H groups in total.